The minimum atomic E-state index is -4.64. The number of rotatable bonds is 2. The number of carbonyl (C=O) groups is 2. The maximum absolute atomic E-state index is 13.6. The molecule has 2 unspecified atom stereocenters. The van der Waals surface area contributed by atoms with Crippen LogP contribution in [0.3, 0.4) is 0 Å². The van der Waals surface area contributed by atoms with Crippen molar-refractivity contribution in [3.8, 4) is 0 Å². The summed E-state index contributed by atoms with van der Waals surface area (Å²) in [6, 6.07) is 0. The zero-order valence-electron chi connectivity index (χ0n) is 16.9. The molecule has 0 amide bonds. The molecule has 0 radical (unpaired) electrons. The first-order valence-electron chi connectivity index (χ1n) is 10.3. The van der Waals surface area contributed by atoms with Crippen molar-refractivity contribution in [2.45, 2.75) is 64.3 Å². The average molecular weight is 410 g/mol. The number of allylic oxidation sites excluding steroid dienone is 4. The van der Waals surface area contributed by atoms with Gasteiger partial charge in [0.25, 0.3) is 5.78 Å². The lowest BCUT2D eigenvalue weighted by molar-refractivity contribution is -0.237. The number of hydrogen-bond acceptors (Lipinski definition) is 5. The first kappa shape index (κ1) is 20.8. The standard InChI is InChI=1S/C22H28F2O5/c1-11-8-15-14-5-4-12-9-13(25)6-7-19(12,2)17(14)16(26)10-20(15,3)21(11,28)18(27)22(23,24)29/h6-7,9,11,14-17,26,28-29H,4-5,8,10H2,1-3H3/t11?,14-,15-,16?,17+,19-,20-,21-/m0/s1. The molecule has 7 heteroatoms. The van der Waals surface area contributed by atoms with Gasteiger partial charge < -0.3 is 15.3 Å². The van der Waals surface area contributed by atoms with Crippen LogP contribution in [0.1, 0.15) is 46.5 Å². The third-order valence-electron chi connectivity index (χ3n) is 8.70. The summed E-state index contributed by atoms with van der Waals surface area (Å²) in [7, 11) is 0. The van der Waals surface area contributed by atoms with E-state index in [1.54, 1.807) is 19.9 Å². The fourth-order valence-electron chi connectivity index (χ4n) is 7.37. The van der Waals surface area contributed by atoms with Gasteiger partial charge in [-0.1, -0.05) is 32.4 Å². The van der Waals surface area contributed by atoms with Gasteiger partial charge in [-0.05, 0) is 55.6 Å². The Labute approximate surface area is 168 Å². The lowest BCUT2D eigenvalue weighted by atomic mass is 9.46. The molecule has 8 atom stereocenters. The Morgan fingerprint density at radius 3 is 2.59 bits per heavy atom. The van der Waals surface area contributed by atoms with Crippen LogP contribution < -0.4 is 0 Å². The summed E-state index contributed by atoms with van der Waals surface area (Å²) in [4.78, 5) is 24.3. The quantitative estimate of drug-likeness (QED) is 0.650. The molecule has 4 aliphatic carbocycles. The van der Waals surface area contributed by atoms with Crippen molar-refractivity contribution in [2.75, 3.05) is 0 Å². The Morgan fingerprint density at radius 1 is 1.31 bits per heavy atom. The number of hydrogen-bond donors (Lipinski definition) is 3. The molecule has 0 spiro atoms. The van der Waals surface area contributed by atoms with Gasteiger partial charge in [-0.15, -0.1) is 0 Å². The largest absolute Gasteiger partial charge is 0.416 e. The Bertz CT molecular complexity index is 830. The van der Waals surface area contributed by atoms with E-state index in [1.165, 1.54) is 6.08 Å². The minimum Gasteiger partial charge on any atom is -0.393 e. The van der Waals surface area contributed by atoms with E-state index in [0.29, 0.717) is 19.3 Å². The smallest absolute Gasteiger partial charge is 0.393 e. The SMILES string of the molecule is CC1C[C@H]2[C@@H]3CCC4=CC(=O)C=C[C@]4(C)[C@H]3C(O)C[C@]2(C)[C@@]1(O)C(=O)C(O)(F)F. The van der Waals surface area contributed by atoms with E-state index in [1.807, 2.05) is 13.0 Å². The highest BCUT2D eigenvalue weighted by atomic mass is 19.3. The maximum Gasteiger partial charge on any atom is 0.416 e. The number of halogens is 2. The monoisotopic (exact) mass is 410 g/mol. The Balaban J connectivity index is 1.78. The van der Waals surface area contributed by atoms with Gasteiger partial charge in [-0.25, -0.2) is 0 Å². The van der Waals surface area contributed by atoms with E-state index in [4.69, 9.17) is 5.11 Å². The van der Waals surface area contributed by atoms with E-state index < -0.39 is 40.3 Å². The topological polar surface area (TPSA) is 94.8 Å². The molecule has 160 valence electrons. The molecule has 4 rings (SSSR count). The highest BCUT2D eigenvalue weighted by Crippen LogP contribution is 2.68. The average Bonchev–Trinajstić information content (AvgIpc) is 2.81. The fourth-order valence-corrected chi connectivity index (χ4v) is 7.37. The van der Waals surface area contributed by atoms with E-state index in [9.17, 15) is 28.6 Å². The van der Waals surface area contributed by atoms with E-state index in [-0.39, 0.29) is 30.0 Å². The van der Waals surface area contributed by atoms with Gasteiger partial charge >= 0.3 is 6.11 Å². The number of Topliss-reactive ketones (excluding diaryl/α,β-unsaturated/α-hetero) is 1. The molecular formula is C22H28F2O5. The van der Waals surface area contributed by atoms with Crippen molar-refractivity contribution in [3.63, 3.8) is 0 Å². The van der Waals surface area contributed by atoms with Gasteiger partial charge in [0.15, 0.2) is 5.78 Å². The summed E-state index contributed by atoms with van der Waals surface area (Å²) in [5.74, 6) is -3.32. The lowest BCUT2D eigenvalue weighted by Gasteiger charge is -2.59. The van der Waals surface area contributed by atoms with Crippen molar-refractivity contribution in [3.05, 3.63) is 23.8 Å². The van der Waals surface area contributed by atoms with Crippen LogP contribution in [0, 0.1) is 34.5 Å². The molecule has 0 saturated heterocycles. The van der Waals surface area contributed by atoms with Gasteiger partial charge in [0, 0.05) is 16.7 Å². The van der Waals surface area contributed by atoms with Crippen LogP contribution in [0.15, 0.2) is 23.8 Å². The van der Waals surface area contributed by atoms with Gasteiger partial charge in [-0.3, -0.25) is 9.59 Å². The molecule has 0 aromatic heterocycles. The second kappa shape index (κ2) is 6.05. The van der Waals surface area contributed by atoms with Crippen LogP contribution in [0.4, 0.5) is 8.78 Å². The predicted octanol–water partition coefficient (Wildman–Crippen LogP) is 2.40. The molecule has 29 heavy (non-hydrogen) atoms. The third-order valence-corrected chi connectivity index (χ3v) is 8.70. The van der Waals surface area contributed by atoms with Crippen molar-refractivity contribution in [2.24, 2.45) is 34.5 Å². The zero-order chi connectivity index (χ0) is 21.6. The Hall–Kier alpha value is -1.44. The Kier molecular flexibility index (Phi) is 4.34. The van der Waals surface area contributed by atoms with Crippen LogP contribution in [0.5, 0.6) is 0 Å². The summed E-state index contributed by atoms with van der Waals surface area (Å²) in [6.07, 6.45) is 1.03. The first-order valence-corrected chi connectivity index (χ1v) is 10.3. The minimum absolute atomic E-state index is 0.0217. The van der Waals surface area contributed by atoms with Gasteiger partial charge in [0.1, 0.15) is 5.60 Å². The van der Waals surface area contributed by atoms with Gasteiger partial charge in [-0.2, -0.15) is 8.78 Å². The molecule has 3 saturated carbocycles. The van der Waals surface area contributed by atoms with E-state index in [2.05, 4.69) is 0 Å². The molecular weight excluding hydrogens is 382 g/mol. The van der Waals surface area contributed by atoms with Crippen molar-refractivity contribution in [1.29, 1.82) is 0 Å². The summed E-state index contributed by atoms with van der Waals surface area (Å²) in [5.41, 5.74) is -3.25. The molecule has 0 bridgehead atoms. The highest BCUT2D eigenvalue weighted by Gasteiger charge is 2.73. The predicted molar refractivity (Wildman–Crippen MR) is 99.7 cm³/mol. The zero-order valence-corrected chi connectivity index (χ0v) is 16.9. The number of ketones is 2. The van der Waals surface area contributed by atoms with E-state index in [0.717, 1.165) is 5.57 Å². The molecule has 0 aliphatic heterocycles. The molecule has 4 aliphatic rings. The van der Waals surface area contributed by atoms with Crippen molar-refractivity contribution < 1.29 is 33.7 Å². The van der Waals surface area contributed by atoms with Crippen LogP contribution in [0.2, 0.25) is 0 Å². The normalized spacial score (nSPS) is 49.2. The van der Waals surface area contributed by atoms with Crippen LogP contribution in [-0.2, 0) is 9.59 Å². The molecule has 0 aromatic carbocycles. The molecule has 0 heterocycles. The molecule has 5 nitrogen and oxygen atoms in total. The summed E-state index contributed by atoms with van der Waals surface area (Å²) in [6.45, 7) is 5.14. The fraction of sp³-hybridized carbons (Fsp3) is 0.727. The second-order valence-electron chi connectivity index (χ2n) is 9.99. The van der Waals surface area contributed by atoms with Gasteiger partial charge in [0.05, 0.1) is 6.10 Å². The van der Waals surface area contributed by atoms with Crippen LogP contribution in [-0.4, -0.2) is 44.7 Å². The molecule has 3 fully saturated rings. The van der Waals surface area contributed by atoms with Gasteiger partial charge in [0.2, 0.25) is 0 Å². The second-order valence-corrected chi connectivity index (χ2v) is 9.99. The summed E-state index contributed by atoms with van der Waals surface area (Å²) >= 11 is 0. The number of carbonyl (C=O) groups excluding carboxylic acids is 2. The summed E-state index contributed by atoms with van der Waals surface area (Å²) < 4.78 is 27.2. The number of aliphatic hydroxyl groups is 3. The van der Waals surface area contributed by atoms with Crippen molar-refractivity contribution in [1.82, 2.24) is 0 Å². The van der Waals surface area contributed by atoms with E-state index >= 15 is 0 Å². The molecule has 3 N–H and O–H groups in total. The number of alkyl halides is 2. The van der Waals surface area contributed by atoms with Crippen LogP contribution in [0.25, 0.3) is 0 Å². The third kappa shape index (κ3) is 2.53. The highest BCUT2D eigenvalue weighted by molar-refractivity contribution is 6.01. The number of aliphatic hydroxyl groups excluding tert-OH is 1. The van der Waals surface area contributed by atoms with Crippen LogP contribution >= 0.6 is 0 Å². The first-order chi connectivity index (χ1) is 13.3. The Morgan fingerprint density at radius 2 is 1.97 bits per heavy atom. The molecule has 0 aromatic rings. The number of fused-ring (bicyclic) bond motifs is 5. The lowest BCUT2D eigenvalue weighted by Crippen LogP contribution is -2.64. The summed E-state index contributed by atoms with van der Waals surface area (Å²) in [5, 5.41) is 31.6. The maximum atomic E-state index is 13.6. The van der Waals surface area contributed by atoms with Crippen molar-refractivity contribution >= 4 is 11.6 Å².